The van der Waals surface area contributed by atoms with Crippen molar-refractivity contribution in [3.8, 4) is 17.2 Å². The van der Waals surface area contributed by atoms with E-state index in [1.54, 1.807) is 7.11 Å². The van der Waals surface area contributed by atoms with Gasteiger partial charge in [-0.05, 0) is 17.5 Å². The second-order valence-electron chi connectivity index (χ2n) is 11.2. The fraction of sp³-hybridized carbons (Fsp3) is 0.306. The minimum atomic E-state index is -1.92. The van der Waals surface area contributed by atoms with Gasteiger partial charge in [-0.25, -0.2) is 4.99 Å². The van der Waals surface area contributed by atoms with Gasteiger partial charge in [0.2, 0.25) is 0 Å². The number of methoxy groups -OCH3 is 1. The molecule has 4 aromatic carbocycles. The van der Waals surface area contributed by atoms with E-state index in [9.17, 15) is 0 Å². The predicted octanol–water partition coefficient (Wildman–Crippen LogP) is 9.56. The van der Waals surface area contributed by atoms with Crippen molar-refractivity contribution in [3.63, 3.8) is 0 Å². The van der Waals surface area contributed by atoms with Gasteiger partial charge in [0.1, 0.15) is 5.75 Å². The maximum absolute atomic E-state index is 5.92. The van der Waals surface area contributed by atoms with Gasteiger partial charge in [-0.1, -0.05) is 122 Å². The molecular formula is C36H41NO2Si-. The molecule has 0 heterocycles. The summed E-state index contributed by atoms with van der Waals surface area (Å²) in [5.74, 6) is 4.42. The molecule has 0 fully saturated rings. The van der Waals surface area contributed by atoms with Crippen LogP contribution in [0.25, 0.3) is 10.8 Å². The summed E-state index contributed by atoms with van der Waals surface area (Å²) in [6.07, 6.45) is 0. The lowest BCUT2D eigenvalue weighted by Gasteiger charge is -2.50. The van der Waals surface area contributed by atoms with Gasteiger partial charge in [0, 0.05) is 35.3 Å². The van der Waals surface area contributed by atoms with Crippen LogP contribution in [0.4, 0.5) is 5.69 Å². The molecule has 40 heavy (non-hydrogen) atoms. The zero-order valence-electron chi connectivity index (χ0n) is 24.9. The highest BCUT2D eigenvalue weighted by atomic mass is 28.3. The second-order valence-corrected chi connectivity index (χ2v) is 16.8. The van der Waals surface area contributed by atoms with Crippen molar-refractivity contribution in [2.75, 3.05) is 13.9 Å². The monoisotopic (exact) mass is 547 g/mol. The van der Waals surface area contributed by atoms with E-state index in [2.05, 4.69) is 126 Å². The Morgan fingerprint density at radius 2 is 1.32 bits per heavy atom. The van der Waals surface area contributed by atoms with Gasteiger partial charge in [0.25, 0.3) is 0 Å². The molecule has 207 valence electrons. The first-order valence-electron chi connectivity index (χ1n) is 14.2. The van der Waals surface area contributed by atoms with E-state index in [1.165, 1.54) is 0 Å². The Balaban J connectivity index is 2.02. The van der Waals surface area contributed by atoms with Crippen LogP contribution in [0.15, 0.2) is 96.0 Å². The lowest BCUT2D eigenvalue weighted by atomic mass is 10.00. The fourth-order valence-electron chi connectivity index (χ4n) is 6.00. The summed E-state index contributed by atoms with van der Waals surface area (Å²) in [7, 11) is -0.289. The lowest BCUT2D eigenvalue weighted by Crippen LogP contribution is -2.43. The Labute approximate surface area is 241 Å². The highest BCUT2D eigenvalue weighted by Gasteiger charge is 2.29. The lowest BCUT2D eigenvalue weighted by molar-refractivity contribution is 0.0513. The van der Waals surface area contributed by atoms with E-state index in [1.807, 2.05) is 18.2 Å². The number of benzene rings is 4. The Bertz CT molecular complexity index is 1450. The summed E-state index contributed by atoms with van der Waals surface area (Å²) >= 11 is 0. The number of rotatable bonds is 9. The van der Waals surface area contributed by atoms with Crippen LogP contribution in [0.1, 0.15) is 58.2 Å². The highest BCUT2D eigenvalue weighted by molar-refractivity contribution is 6.90. The summed E-state index contributed by atoms with van der Waals surface area (Å²) in [5, 5.41) is 2.09. The maximum atomic E-state index is 5.92. The largest absolute Gasteiger partial charge is 0.467 e. The van der Waals surface area contributed by atoms with Crippen molar-refractivity contribution in [2.24, 2.45) is 4.99 Å². The highest BCUT2D eigenvalue weighted by Crippen LogP contribution is 2.41. The standard InChI is InChI=1S/C36H41NO2Si/c1-26(2)40(27(3)4,28(5)6)22-21-29-19-14-20-32-23-33(39-25-38-7)24-34(35(29)32)37-36(30-15-10-8-11-16-30)31-17-12-9-13-18-31/h8-20,23-24,26-28H,25H2,1-7H3/q-1. The SMILES string of the molecule is COCOc1cc(N=C(c2ccccc2)c2ccccc2)c2c(C#C[Si-](C(C)C)(C(C)C)C(C)C)cccc2c1. The van der Waals surface area contributed by atoms with Crippen LogP contribution < -0.4 is 4.74 Å². The van der Waals surface area contributed by atoms with Gasteiger partial charge in [-0.3, -0.25) is 5.54 Å². The number of ether oxygens (including phenoxy) is 2. The number of hydrogen-bond donors (Lipinski definition) is 0. The van der Waals surface area contributed by atoms with Gasteiger partial charge in [-0.2, -0.15) is 0 Å². The first-order valence-corrected chi connectivity index (χ1v) is 16.4. The second kappa shape index (κ2) is 13.1. The van der Waals surface area contributed by atoms with Gasteiger partial charge < -0.3 is 9.47 Å². The third-order valence-corrected chi connectivity index (χ3v) is 14.2. The summed E-state index contributed by atoms with van der Waals surface area (Å²) in [6, 6.07) is 31.1. The van der Waals surface area contributed by atoms with E-state index in [0.717, 1.165) is 38.9 Å². The first kappa shape index (κ1) is 29.3. The van der Waals surface area contributed by atoms with Crippen LogP contribution >= 0.6 is 0 Å². The molecule has 0 saturated carbocycles. The van der Waals surface area contributed by atoms with Crippen LogP contribution in [-0.2, 0) is 4.74 Å². The van der Waals surface area contributed by atoms with Crippen molar-refractivity contribution >= 4 is 30.2 Å². The van der Waals surface area contributed by atoms with E-state index in [4.69, 9.17) is 14.5 Å². The number of fused-ring (bicyclic) bond motifs is 1. The van der Waals surface area contributed by atoms with Crippen molar-refractivity contribution in [1.29, 1.82) is 0 Å². The van der Waals surface area contributed by atoms with Crippen molar-refractivity contribution in [2.45, 2.75) is 58.2 Å². The molecule has 0 atom stereocenters. The molecule has 3 nitrogen and oxygen atoms in total. The minimum Gasteiger partial charge on any atom is -0.467 e. The summed E-state index contributed by atoms with van der Waals surface area (Å²) in [4.78, 5) is 5.35. The van der Waals surface area contributed by atoms with Crippen LogP contribution in [0.5, 0.6) is 5.75 Å². The van der Waals surface area contributed by atoms with Crippen molar-refractivity contribution < 1.29 is 9.47 Å². The van der Waals surface area contributed by atoms with Crippen LogP contribution in [0.3, 0.4) is 0 Å². The molecular weight excluding hydrogens is 506 g/mol. The molecule has 0 amide bonds. The molecule has 0 spiro atoms. The topological polar surface area (TPSA) is 30.8 Å². The summed E-state index contributed by atoms with van der Waals surface area (Å²) in [6.45, 7) is 14.3. The van der Waals surface area contributed by atoms with Crippen molar-refractivity contribution in [3.05, 3.63) is 108 Å². The first-order chi connectivity index (χ1) is 19.3. The number of aliphatic imine (C=N–C) groups is 1. The van der Waals surface area contributed by atoms with Crippen molar-refractivity contribution in [1.82, 2.24) is 0 Å². The fourth-order valence-corrected chi connectivity index (χ4v) is 11.2. The molecule has 0 aromatic heterocycles. The third-order valence-electron chi connectivity index (χ3n) is 7.88. The van der Waals surface area contributed by atoms with Crippen LogP contribution in [0, 0.1) is 11.5 Å². The van der Waals surface area contributed by atoms with Gasteiger partial charge in [0.15, 0.2) is 6.79 Å². The third kappa shape index (κ3) is 6.22. The van der Waals surface area contributed by atoms with E-state index in [-0.39, 0.29) is 6.79 Å². The normalized spacial score (nSPS) is 11.6. The van der Waals surface area contributed by atoms with Gasteiger partial charge in [0.05, 0.1) is 11.4 Å². The minimum absolute atomic E-state index is 0.170. The number of hydrogen-bond acceptors (Lipinski definition) is 3. The molecule has 4 rings (SSSR count). The molecule has 0 aliphatic carbocycles. The molecule has 4 aromatic rings. The van der Waals surface area contributed by atoms with Gasteiger partial charge >= 0.3 is 0 Å². The summed E-state index contributed by atoms with van der Waals surface area (Å²) in [5.41, 5.74) is 10.5. The maximum Gasteiger partial charge on any atom is 0.188 e. The predicted molar refractivity (Wildman–Crippen MR) is 173 cm³/mol. The molecule has 0 aliphatic heterocycles. The quantitative estimate of drug-likeness (QED) is 0.0904. The Morgan fingerprint density at radius 1 is 0.750 bits per heavy atom. The molecule has 0 aliphatic rings. The van der Waals surface area contributed by atoms with Crippen LogP contribution in [0.2, 0.25) is 16.6 Å². The molecule has 0 radical (unpaired) electrons. The van der Waals surface area contributed by atoms with E-state index < -0.39 is 8.07 Å². The van der Waals surface area contributed by atoms with E-state index in [0.29, 0.717) is 22.4 Å². The average Bonchev–Trinajstić information content (AvgIpc) is 2.95. The zero-order valence-corrected chi connectivity index (χ0v) is 25.9. The van der Waals surface area contributed by atoms with Gasteiger partial charge in [-0.15, -0.1) is 22.5 Å². The Kier molecular flexibility index (Phi) is 9.63. The molecule has 0 bridgehead atoms. The zero-order chi connectivity index (χ0) is 28.7. The Hall–Kier alpha value is -3.65. The Morgan fingerprint density at radius 3 is 1.85 bits per heavy atom. The molecule has 0 N–H and O–H groups in total. The number of nitrogens with zero attached hydrogens (tertiary/aromatic N) is 1. The summed E-state index contributed by atoms with van der Waals surface area (Å²) < 4.78 is 11.1. The van der Waals surface area contributed by atoms with Crippen LogP contribution in [-0.4, -0.2) is 27.7 Å². The molecule has 0 unspecified atom stereocenters. The molecule has 4 heteroatoms. The van der Waals surface area contributed by atoms with E-state index >= 15 is 0 Å². The average molecular weight is 548 g/mol. The smallest absolute Gasteiger partial charge is 0.188 e. The molecule has 0 saturated heterocycles.